The molecule has 5 rings (SSSR count). The summed E-state index contributed by atoms with van der Waals surface area (Å²) < 4.78 is 44.7. The van der Waals surface area contributed by atoms with Gasteiger partial charge >= 0.3 is 11.9 Å². The Morgan fingerprint density at radius 3 is 2.53 bits per heavy atom. The number of hydrogen-bond donors (Lipinski definition) is 0. The van der Waals surface area contributed by atoms with Gasteiger partial charge in [-0.25, -0.2) is 4.79 Å². The van der Waals surface area contributed by atoms with Crippen LogP contribution in [0.2, 0.25) is 0 Å². The molecular weight excluding hydrogens is 447 g/mol. The molecule has 11 heteroatoms. The fraction of sp³-hybridized carbons (Fsp3) is 0.174. The number of nitrogens with zero attached hydrogens (tertiary/aromatic N) is 7. The Morgan fingerprint density at radius 2 is 1.85 bits per heavy atom. The number of pyridine rings is 1. The Labute approximate surface area is 191 Å². The predicted molar refractivity (Wildman–Crippen MR) is 118 cm³/mol. The maximum Gasteiger partial charge on any atom is 0.418 e. The van der Waals surface area contributed by atoms with Crippen molar-refractivity contribution < 1.29 is 13.2 Å². The first-order chi connectivity index (χ1) is 16.2. The van der Waals surface area contributed by atoms with Gasteiger partial charge in [0.2, 0.25) is 0 Å². The molecule has 0 radical (unpaired) electrons. The topological polar surface area (TPSA) is 82.9 Å². The van der Waals surface area contributed by atoms with Gasteiger partial charge in [-0.3, -0.25) is 8.97 Å². The Balaban J connectivity index is 1.75. The van der Waals surface area contributed by atoms with Crippen LogP contribution in [0.3, 0.4) is 0 Å². The van der Waals surface area contributed by atoms with Gasteiger partial charge in [0.15, 0.2) is 0 Å². The van der Waals surface area contributed by atoms with Crippen LogP contribution in [0.4, 0.5) is 13.2 Å². The average Bonchev–Trinajstić information content (AvgIpc) is 3.41. The fourth-order valence-electron chi connectivity index (χ4n) is 4.02. The van der Waals surface area contributed by atoms with Crippen molar-refractivity contribution in [2.24, 2.45) is 7.05 Å². The molecule has 8 nitrogen and oxygen atoms in total. The number of aromatic nitrogens is 7. The van der Waals surface area contributed by atoms with Crippen molar-refractivity contribution in [3.63, 3.8) is 0 Å². The summed E-state index contributed by atoms with van der Waals surface area (Å²) in [5, 5.41) is 15.8. The van der Waals surface area contributed by atoms with Crippen molar-refractivity contribution >= 4 is 5.52 Å². The summed E-state index contributed by atoms with van der Waals surface area (Å²) in [5.41, 5.74) is 0.986. The summed E-state index contributed by atoms with van der Waals surface area (Å²) in [5.74, 6) is 0.490. The molecule has 0 aliphatic carbocycles. The SMILES string of the molecule is C[C@@H](c1cc(-c2ccnnc2)cc(-n2cc3c(C(F)(F)F)cccn3c2=O)c1)c1nncn1C. The van der Waals surface area contributed by atoms with Crippen molar-refractivity contribution in [3.8, 4) is 16.8 Å². The molecule has 0 saturated carbocycles. The van der Waals surface area contributed by atoms with Crippen molar-refractivity contribution in [1.82, 2.24) is 33.9 Å². The third-order valence-electron chi connectivity index (χ3n) is 5.77. The normalized spacial score (nSPS) is 12.9. The molecule has 0 aliphatic heterocycles. The van der Waals surface area contributed by atoms with E-state index in [-0.39, 0.29) is 11.4 Å². The van der Waals surface area contributed by atoms with Gasteiger partial charge in [-0.05, 0) is 41.5 Å². The van der Waals surface area contributed by atoms with E-state index in [1.807, 2.05) is 20.0 Å². The van der Waals surface area contributed by atoms with E-state index in [4.69, 9.17) is 0 Å². The first-order valence-electron chi connectivity index (χ1n) is 10.3. The highest BCUT2D eigenvalue weighted by atomic mass is 19.4. The van der Waals surface area contributed by atoms with E-state index in [1.165, 1.54) is 23.0 Å². The van der Waals surface area contributed by atoms with Crippen LogP contribution in [0.1, 0.15) is 29.8 Å². The van der Waals surface area contributed by atoms with Gasteiger partial charge < -0.3 is 4.57 Å². The molecule has 0 amide bonds. The molecule has 1 aromatic carbocycles. The van der Waals surface area contributed by atoms with Crippen molar-refractivity contribution in [3.05, 3.63) is 94.9 Å². The second kappa shape index (κ2) is 7.94. The molecule has 0 saturated heterocycles. The maximum atomic E-state index is 13.6. The smallest absolute Gasteiger partial charge is 0.320 e. The highest BCUT2D eigenvalue weighted by Crippen LogP contribution is 2.33. The van der Waals surface area contributed by atoms with Gasteiger partial charge in [-0.1, -0.05) is 13.0 Å². The van der Waals surface area contributed by atoms with E-state index < -0.39 is 17.4 Å². The van der Waals surface area contributed by atoms with Gasteiger partial charge in [0, 0.05) is 30.9 Å². The van der Waals surface area contributed by atoms with E-state index in [0.717, 1.165) is 27.2 Å². The molecule has 172 valence electrons. The molecule has 4 aromatic heterocycles. The van der Waals surface area contributed by atoms with Crippen LogP contribution < -0.4 is 5.69 Å². The van der Waals surface area contributed by atoms with E-state index in [1.54, 1.807) is 41.5 Å². The number of rotatable bonds is 4. The summed E-state index contributed by atoms with van der Waals surface area (Å²) >= 11 is 0. The molecule has 5 aromatic rings. The maximum absolute atomic E-state index is 13.6. The number of alkyl halides is 3. The molecule has 34 heavy (non-hydrogen) atoms. The van der Waals surface area contributed by atoms with Gasteiger partial charge in [-0.2, -0.15) is 23.4 Å². The van der Waals surface area contributed by atoms with Crippen LogP contribution in [-0.2, 0) is 13.2 Å². The minimum absolute atomic E-state index is 0.209. The van der Waals surface area contributed by atoms with Crippen molar-refractivity contribution in [2.45, 2.75) is 19.0 Å². The summed E-state index contributed by atoms with van der Waals surface area (Å²) in [4.78, 5) is 13.1. The Bertz CT molecular complexity index is 1550. The Kier molecular flexibility index (Phi) is 5.03. The number of fused-ring (bicyclic) bond motifs is 1. The number of halogens is 3. The molecule has 0 N–H and O–H groups in total. The lowest BCUT2D eigenvalue weighted by molar-refractivity contribution is -0.136. The standard InChI is InChI=1S/C23H18F3N7O/c1-14(21-30-29-13-31(21)2)16-8-17(15-5-6-27-28-11-15)10-18(9-16)33-12-20-19(23(24,25)26)4-3-7-32(20)22(33)34/h3-14H,1-2H3/t14-/m0/s1. The fourth-order valence-corrected chi connectivity index (χ4v) is 4.02. The lowest BCUT2D eigenvalue weighted by Crippen LogP contribution is -2.19. The van der Waals surface area contributed by atoms with Crippen LogP contribution in [0.25, 0.3) is 22.3 Å². The minimum Gasteiger partial charge on any atom is -0.320 e. The predicted octanol–water partition coefficient (Wildman–Crippen LogP) is 3.85. The van der Waals surface area contributed by atoms with Gasteiger partial charge in [0.05, 0.1) is 29.2 Å². The monoisotopic (exact) mass is 465 g/mol. The number of aryl methyl sites for hydroxylation is 1. The van der Waals surface area contributed by atoms with Crippen LogP contribution in [0.15, 0.2) is 72.3 Å². The van der Waals surface area contributed by atoms with Gasteiger partial charge in [0.1, 0.15) is 12.2 Å². The lowest BCUT2D eigenvalue weighted by atomic mass is 9.95. The zero-order valence-corrected chi connectivity index (χ0v) is 18.1. The number of imidazole rings is 1. The number of hydrogen-bond acceptors (Lipinski definition) is 5. The summed E-state index contributed by atoms with van der Waals surface area (Å²) in [7, 11) is 1.83. The summed E-state index contributed by atoms with van der Waals surface area (Å²) in [6, 6.07) is 9.37. The third kappa shape index (κ3) is 3.64. The molecule has 0 aliphatic rings. The van der Waals surface area contributed by atoms with E-state index in [0.29, 0.717) is 11.5 Å². The highest BCUT2D eigenvalue weighted by Gasteiger charge is 2.33. The Hall–Kier alpha value is -4.28. The highest BCUT2D eigenvalue weighted by molar-refractivity contribution is 5.67. The van der Waals surface area contributed by atoms with Crippen LogP contribution in [0.5, 0.6) is 0 Å². The molecule has 0 fully saturated rings. The third-order valence-corrected chi connectivity index (χ3v) is 5.77. The zero-order chi connectivity index (χ0) is 24.0. The average molecular weight is 465 g/mol. The molecule has 4 heterocycles. The van der Waals surface area contributed by atoms with Crippen LogP contribution in [-0.4, -0.2) is 33.9 Å². The quantitative estimate of drug-likeness (QED) is 0.403. The second-order valence-corrected chi connectivity index (χ2v) is 7.92. The molecule has 1 atom stereocenters. The Morgan fingerprint density at radius 1 is 1.03 bits per heavy atom. The van der Waals surface area contributed by atoms with Gasteiger partial charge in [0.25, 0.3) is 0 Å². The summed E-state index contributed by atoms with van der Waals surface area (Å²) in [6.07, 6.45) is 2.65. The molecule has 0 bridgehead atoms. The minimum atomic E-state index is -4.60. The molecular formula is C23H18F3N7O. The molecule has 0 spiro atoms. The first kappa shape index (κ1) is 21.6. The zero-order valence-electron chi connectivity index (χ0n) is 18.1. The largest absolute Gasteiger partial charge is 0.418 e. The van der Waals surface area contributed by atoms with E-state index in [2.05, 4.69) is 20.4 Å². The number of benzene rings is 1. The first-order valence-corrected chi connectivity index (χ1v) is 10.3. The lowest BCUT2D eigenvalue weighted by Gasteiger charge is -2.15. The van der Waals surface area contributed by atoms with Gasteiger partial charge in [-0.15, -0.1) is 10.2 Å². The molecule has 0 unspecified atom stereocenters. The van der Waals surface area contributed by atoms with Crippen molar-refractivity contribution in [1.29, 1.82) is 0 Å². The van der Waals surface area contributed by atoms with Crippen LogP contribution in [0, 0.1) is 0 Å². The van der Waals surface area contributed by atoms with Crippen LogP contribution >= 0.6 is 0 Å². The van der Waals surface area contributed by atoms with Crippen molar-refractivity contribution in [2.75, 3.05) is 0 Å². The van der Waals surface area contributed by atoms with E-state index in [9.17, 15) is 18.0 Å². The van der Waals surface area contributed by atoms with E-state index >= 15 is 0 Å². The summed E-state index contributed by atoms with van der Waals surface area (Å²) in [6.45, 7) is 1.94. The second-order valence-electron chi connectivity index (χ2n) is 7.92.